The molecule has 1 fully saturated rings. The normalized spacial score (nSPS) is 21.5. The summed E-state index contributed by atoms with van der Waals surface area (Å²) < 4.78 is 32.9. The van der Waals surface area contributed by atoms with Crippen molar-refractivity contribution in [2.45, 2.75) is 18.9 Å². The average Bonchev–Trinajstić information content (AvgIpc) is 3.26. The maximum Gasteiger partial charge on any atom is 0.319 e. The fourth-order valence-corrected chi connectivity index (χ4v) is 4.40. The van der Waals surface area contributed by atoms with Crippen LogP contribution in [0.5, 0.6) is 0 Å². The number of nitrogens with one attached hydrogen (secondary N) is 3. The maximum absolute atomic E-state index is 12.7. The number of fused-ring (bicyclic) bond motifs is 1. The molecule has 10 nitrogen and oxygen atoms in total. The van der Waals surface area contributed by atoms with E-state index in [4.69, 9.17) is 4.74 Å². The molecule has 1 atom stereocenters. The van der Waals surface area contributed by atoms with Crippen LogP contribution in [0, 0.1) is 0 Å². The number of rotatable bonds is 5. The van der Waals surface area contributed by atoms with Crippen LogP contribution in [0.15, 0.2) is 52.6 Å². The van der Waals surface area contributed by atoms with E-state index in [1.54, 1.807) is 41.4 Å². The second-order valence-corrected chi connectivity index (χ2v) is 9.07. The van der Waals surface area contributed by atoms with Crippen LogP contribution in [0.1, 0.15) is 12.8 Å². The highest BCUT2D eigenvalue weighted by molar-refractivity contribution is 7.90. The molecule has 0 saturated carbocycles. The van der Waals surface area contributed by atoms with Gasteiger partial charge in [0.2, 0.25) is 0 Å². The number of amides is 3. The number of allylic oxidation sites excluding steroid dienone is 2. The van der Waals surface area contributed by atoms with E-state index in [0.29, 0.717) is 17.9 Å². The quantitative estimate of drug-likeness (QED) is 0.629. The predicted molar refractivity (Wildman–Crippen MR) is 116 cm³/mol. The second kappa shape index (κ2) is 8.90. The van der Waals surface area contributed by atoms with E-state index in [-0.39, 0.29) is 35.8 Å². The largest absolute Gasteiger partial charge is 0.376 e. The molecule has 3 N–H and O–H groups in total. The summed E-state index contributed by atoms with van der Waals surface area (Å²) in [7, 11) is -3.58. The van der Waals surface area contributed by atoms with Crippen molar-refractivity contribution in [3.63, 3.8) is 0 Å². The molecule has 31 heavy (non-hydrogen) atoms. The van der Waals surface area contributed by atoms with E-state index in [1.807, 2.05) is 0 Å². The average molecular weight is 446 g/mol. The van der Waals surface area contributed by atoms with Crippen LogP contribution in [0.2, 0.25) is 0 Å². The third kappa shape index (κ3) is 5.30. The van der Waals surface area contributed by atoms with Gasteiger partial charge in [0.25, 0.3) is 15.9 Å². The molecule has 0 bridgehead atoms. The number of anilines is 2. The van der Waals surface area contributed by atoms with Gasteiger partial charge in [-0.05, 0) is 49.3 Å². The molecule has 0 aromatic heterocycles. The van der Waals surface area contributed by atoms with Crippen molar-refractivity contribution in [1.29, 1.82) is 0 Å². The van der Waals surface area contributed by atoms with Crippen molar-refractivity contribution < 1.29 is 22.7 Å². The van der Waals surface area contributed by atoms with Gasteiger partial charge in [0, 0.05) is 37.3 Å². The van der Waals surface area contributed by atoms with Crippen molar-refractivity contribution in [3.8, 4) is 0 Å². The van der Waals surface area contributed by atoms with E-state index in [2.05, 4.69) is 20.3 Å². The van der Waals surface area contributed by atoms with Crippen LogP contribution in [0.25, 0.3) is 0 Å². The standard InChI is InChI=1S/C20H23N5O5S/c26-19(17-4-1-9-25-10-12-31(28,29)24-18(17)25)22-14-5-7-15(8-6-14)23-20(27)21-13-16-3-2-11-30-16/h1,4-9,16H,2-3,10-13H2,(H,22,26)(H2,21,23,27). The Bertz CT molecular complexity index is 1060. The van der Waals surface area contributed by atoms with Gasteiger partial charge in [0.05, 0.1) is 17.4 Å². The number of carbonyl (C=O) groups excluding carboxylic acids is 2. The van der Waals surface area contributed by atoms with E-state index in [1.165, 1.54) is 6.08 Å². The molecule has 11 heteroatoms. The van der Waals surface area contributed by atoms with Crippen molar-refractivity contribution in [2.75, 3.05) is 36.1 Å². The van der Waals surface area contributed by atoms with Gasteiger partial charge < -0.3 is 25.6 Å². The number of ether oxygens (including phenoxy) is 1. The summed E-state index contributed by atoms with van der Waals surface area (Å²) in [5.74, 6) is -0.446. The molecule has 4 rings (SSSR count). The van der Waals surface area contributed by atoms with Gasteiger partial charge >= 0.3 is 6.03 Å². The first-order valence-electron chi connectivity index (χ1n) is 9.96. The van der Waals surface area contributed by atoms with E-state index in [0.717, 1.165) is 19.4 Å². The Labute approximate surface area is 180 Å². The van der Waals surface area contributed by atoms with Crippen LogP contribution < -0.4 is 16.0 Å². The summed E-state index contributed by atoms with van der Waals surface area (Å²) in [4.78, 5) is 26.3. The van der Waals surface area contributed by atoms with Gasteiger partial charge in [-0.2, -0.15) is 0 Å². The molecule has 0 spiro atoms. The van der Waals surface area contributed by atoms with Crippen LogP contribution >= 0.6 is 0 Å². The highest BCUT2D eigenvalue weighted by Gasteiger charge is 2.30. The summed E-state index contributed by atoms with van der Waals surface area (Å²) in [5.41, 5.74) is 1.23. The molecular weight excluding hydrogens is 422 g/mol. The number of nitrogens with zero attached hydrogens (tertiary/aromatic N) is 2. The molecule has 0 aliphatic carbocycles. The first kappa shape index (κ1) is 21.1. The molecule has 164 valence electrons. The topological polar surface area (TPSA) is 129 Å². The lowest BCUT2D eigenvalue weighted by Gasteiger charge is -2.28. The molecule has 3 aliphatic heterocycles. The van der Waals surface area contributed by atoms with Gasteiger partial charge in [-0.1, -0.05) is 0 Å². The zero-order valence-corrected chi connectivity index (χ0v) is 17.5. The molecule has 1 aromatic rings. The smallest absolute Gasteiger partial charge is 0.319 e. The minimum atomic E-state index is -3.58. The lowest BCUT2D eigenvalue weighted by Crippen LogP contribution is -2.40. The molecule has 1 saturated heterocycles. The second-order valence-electron chi connectivity index (χ2n) is 7.32. The van der Waals surface area contributed by atoms with Crippen molar-refractivity contribution in [1.82, 2.24) is 10.2 Å². The third-order valence-electron chi connectivity index (χ3n) is 5.02. The number of urea groups is 1. The van der Waals surface area contributed by atoms with Crippen LogP contribution in [0.4, 0.5) is 16.2 Å². The summed E-state index contributed by atoms with van der Waals surface area (Å²) in [6, 6.07) is 6.27. The van der Waals surface area contributed by atoms with E-state index < -0.39 is 15.9 Å². The maximum atomic E-state index is 12.7. The highest BCUT2D eigenvalue weighted by Crippen LogP contribution is 2.20. The van der Waals surface area contributed by atoms with Crippen molar-refractivity contribution in [3.05, 3.63) is 48.2 Å². The third-order valence-corrected chi connectivity index (χ3v) is 6.17. The predicted octanol–water partition coefficient (Wildman–Crippen LogP) is 1.42. The Hall–Kier alpha value is -3.18. The first-order chi connectivity index (χ1) is 14.9. The number of benzene rings is 1. The van der Waals surface area contributed by atoms with Crippen molar-refractivity contribution >= 4 is 39.2 Å². The monoisotopic (exact) mass is 445 g/mol. The number of hydrogen-bond donors (Lipinski definition) is 3. The molecule has 1 aromatic carbocycles. The number of hydrogen-bond acceptors (Lipinski definition) is 6. The number of sulfonamides is 1. The summed E-state index contributed by atoms with van der Waals surface area (Å²) >= 11 is 0. The summed E-state index contributed by atoms with van der Waals surface area (Å²) in [6.07, 6.45) is 6.90. The fraction of sp³-hybridized carbons (Fsp3) is 0.350. The Morgan fingerprint density at radius 1 is 1.16 bits per heavy atom. The molecule has 3 amide bonds. The Kier molecular flexibility index (Phi) is 6.05. The Balaban J connectivity index is 1.34. The zero-order chi connectivity index (χ0) is 21.8. The minimum Gasteiger partial charge on any atom is -0.376 e. The zero-order valence-electron chi connectivity index (χ0n) is 16.7. The Morgan fingerprint density at radius 2 is 1.90 bits per heavy atom. The van der Waals surface area contributed by atoms with Gasteiger partial charge in [-0.3, -0.25) is 4.79 Å². The molecule has 0 radical (unpaired) electrons. The Morgan fingerprint density at radius 3 is 2.61 bits per heavy atom. The van der Waals surface area contributed by atoms with Gasteiger partial charge in [0.15, 0.2) is 5.84 Å². The van der Waals surface area contributed by atoms with Gasteiger partial charge in [-0.25, -0.2) is 13.2 Å². The molecular formula is C20H23N5O5S. The molecule has 3 heterocycles. The van der Waals surface area contributed by atoms with E-state index in [9.17, 15) is 18.0 Å². The molecule has 3 aliphatic rings. The van der Waals surface area contributed by atoms with Crippen LogP contribution in [-0.4, -0.2) is 62.6 Å². The lowest BCUT2D eigenvalue weighted by molar-refractivity contribution is -0.112. The summed E-state index contributed by atoms with van der Waals surface area (Å²) in [5, 5.41) is 8.22. The molecule has 1 unspecified atom stereocenters. The first-order valence-corrected chi connectivity index (χ1v) is 11.6. The fourth-order valence-electron chi connectivity index (χ4n) is 3.42. The minimum absolute atomic E-state index is 0.0620. The SMILES string of the molecule is O=C(NCC1CCCO1)Nc1ccc(NC(=O)C2=CC=CN3CCS(=O)(=O)N=C23)cc1. The lowest BCUT2D eigenvalue weighted by atomic mass is 10.1. The van der Waals surface area contributed by atoms with E-state index >= 15 is 0 Å². The van der Waals surface area contributed by atoms with Gasteiger partial charge in [-0.15, -0.1) is 4.40 Å². The number of carbonyl (C=O) groups is 2. The van der Waals surface area contributed by atoms with Crippen LogP contribution in [-0.2, 0) is 19.6 Å². The van der Waals surface area contributed by atoms with Crippen LogP contribution in [0.3, 0.4) is 0 Å². The summed E-state index contributed by atoms with van der Waals surface area (Å²) in [6.45, 7) is 1.44. The van der Waals surface area contributed by atoms with Crippen molar-refractivity contribution in [2.24, 2.45) is 4.40 Å². The van der Waals surface area contributed by atoms with Gasteiger partial charge in [0.1, 0.15) is 0 Å². The highest BCUT2D eigenvalue weighted by atomic mass is 32.2. The number of amidine groups is 1.